The van der Waals surface area contributed by atoms with Gasteiger partial charge in [-0.25, -0.2) is 4.98 Å². The first-order valence-corrected chi connectivity index (χ1v) is 16.1. The Hall–Kier alpha value is -3.49. The van der Waals surface area contributed by atoms with E-state index in [0.717, 1.165) is 50.5 Å². The van der Waals surface area contributed by atoms with Crippen LogP contribution >= 0.6 is 23.4 Å². The lowest BCUT2D eigenvalue weighted by molar-refractivity contribution is -0.130. The minimum absolute atomic E-state index is 0.0792. The third-order valence-corrected chi connectivity index (χ3v) is 10.0. The highest BCUT2D eigenvalue weighted by Gasteiger charge is 2.46. The van der Waals surface area contributed by atoms with Crippen LogP contribution in [0, 0.1) is 11.3 Å². The van der Waals surface area contributed by atoms with Gasteiger partial charge >= 0.3 is 0 Å². The summed E-state index contributed by atoms with van der Waals surface area (Å²) in [5, 5.41) is 1.19. The van der Waals surface area contributed by atoms with Crippen molar-refractivity contribution in [2.45, 2.75) is 43.5 Å². The molecule has 2 fully saturated rings. The van der Waals surface area contributed by atoms with Crippen LogP contribution in [0.2, 0.25) is 5.02 Å². The van der Waals surface area contributed by atoms with Crippen LogP contribution in [0.1, 0.15) is 33.1 Å². The van der Waals surface area contributed by atoms with E-state index in [9.17, 15) is 9.59 Å². The predicted molar refractivity (Wildman–Crippen MR) is 175 cm³/mol. The van der Waals surface area contributed by atoms with Gasteiger partial charge in [-0.15, -0.1) is 0 Å². The molecule has 9 heteroatoms. The molecule has 3 heterocycles. The Morgan fingerprint density at radius 3 is 2.56 bits per heavy atom. The molecule has 4 aromatic rings. The van der Waals surface area contributed by atoms with Crippen LogP contribution < -0.4 is 15.2 Å². The molecule has 1 amide bonds. The Labute approximate surface area is 261 Å². The van der Waals surface area contributed by atoms with Crippen molar-refractivity contribution in [2.24, 2.45) is 11.3 Å². The van der Waals surface area contributed by atoms with E-state index in [1.165, 1.54) is 11.8 Å². The summed E-state index contributed by atoms with van der Waals surface area (Å²) < 4.78 is 7.05. The number of benzene rings is 3. The number of rotatable bonds is 8. The van der Waals surface area contributed by atoms with Crippen LogP contribution in [-0.2, 0) is 4.79 Å². The predicted octanol–water partition coefficient (Wildman–Crippen LogP) is 6.68. The number of hydrogen-bond donors (Lipinski definition) is 0. The number of likely N-dealkylation sites (tertiary alicyclic amines) is 1. The highest BCUT2D eigenvalue weighted by molar-refractivity contribution is 8.00. The summed E-state index contributed by atoms with van der Waals surface area (Å²) in [5.41, 5.74) is 2.33. The van der Waals surface area contributed by atoms with Crippen molar-refractivity contribution in [1.82, 2.24) is 14.5 Å². The van der Waals surface area contributed by atoms with Gasteiger partial charge in [0.25, 0.3) is 5.56 Å². The van der Waals surface area contributed by atoms with Crippen LogP contribution in [0.3, 0.4) is 0 Å². The van der Waals surface area contributed by atoms with Crippen LogP contribution in [0.5, 0.6) is 5.75 Å². The van der Waals surface area contributed by atoms with Gasteiger partial charge in [0.1, 0.15) is 5.75 Å². The van der Waals surface area contributed by atoms with E-state index in [1.54, 1.807) is 29.9 Å². The van der Waals surface area contributed by atoms with Crippen LogP contribution in [0.15, 0.2) is 82.7 Å². The SMILES string of the molecule is COc1cccc(N2CCC3(CCN(C(=O)C(CC(C)C)Sc4nc5ccccc5c(=O)n4-c4cccc(Cl)c4)C3)C2)c1. The Balaban J connectivity index is 1.27. The van der Waals surface area contributed by atoms with E-state index in [0.29, 0.717) is 39.1 Å². The Morgan fingerprint density at radius 1 is 1.00 bits per heavy atom. The molecule has 0 aliphatic carbocycles. The van der Waals surface area contributed by atoms with Gasteiger partial charge < -0.3 is 14.5 Å². The zero-order chi connectivity index (χ0) is 30.1. The molecule has 2 aliphatic heterocycles. The number of ether oxygens (including phenoxy) is 1. The van der Waals surface area contributed by atoms with E-state index in [-0.39, 0.29) is 22.1 Å². The van der Waals surface area contributed by atoms with Gasteiger partial charge in [0.15, 0.2) is 5.16 Å². The molecule has 3 aromatic carbocycles. The third-order valence-electron chi connectivity index (χ3n) is 8.63. The number of anilines is 1. The van der Waals surface area contributed by atoms with Crippen molar-refractivity contribution >= 4 is 45.9 Å². The van der Waals surface area contributed by atoms with Gasteiger partial charge in [-0.2, -0.15) is 0 Å². The number of fused-ring (bicyclic) bond motifs is 1. The highest BCUT2D eigenvalue weighted by atomic mass is 35.5. The monoisotopic (exact) mass is 616 g/mol. The second-order valence-electron chi connectivity index (χ2n) is 12.2. The molecule has 2 aliphatic rings. The van der Waals surface area contributed by atoms with E-state index < -0.39 is 0 Å². The van der Waals surface area contributed by atoms with Gasteiger partial charge in [-0.3, -0.25) is 14.2 Å². The maximum Gasteiger partial charge on any atom is 0.266 e. The molecule has 2 unspecified atom stereocenters. The first kappa shape index (κ1) is 29.6. The van der Waals surface area contributed by atoms with E-state index in [1.807, 2.05) is 42.5 Å². The fourth-order valence-corrected chi connectivity index (χ4v) is 8.03. The van der Waals surface area contributed by atoms with Crippen molar-refractivity contribution in [3.05, 3.63) is 88.2 Å². The number of carbonyl (C=O) groups is 1. The molecule has 43 heavy (non-hydrogen) atoms. The molecule has 0 saturated carbocycles. The van der Waals surface area contributed by atoms with Gasteiger partial charge in [0, 0.05) is 48.4 Å². The molecule has 1 spiro atoms. The fraction of sp³-hybridized carbons (Fsp3) is 0.382. The summed E-state index contributed by atoms with van der Waals surface area (Å²) in [5.74, 6) is 1.27. The maximum absolute atomic E-state index is 14.2. The number of aromatic nitrogens is 2. The maximum atomic E-state index is 14.2. The first-order chi connectivity index (χ1) is 20.7. The van der Waals surface area contributed by atoms with Gasteiger partial charge in [-0.05, 0) is 67.6 Å². The number of halogens is 1. The second kappa shape index (κ2) is 12.2. The first-order valence-electron chi connectivity index (χ1n) is 14.9. The number of thioether (sulfide) groups is 1. The molecular weight excluding hydrogens is 580 g/mol. The molecule has 0 N–H and O–H groups in total. The standard InChI is InChI=1S/C34H37ClN4O3S/c1-23(2)18-30(32(41)38-17-15-34(22-38)14-16-37(21-34)25-9-7-11-27(20-25)42-3)43-33-36-29-13-5-4-12-28(29)31(40)39(33)26-10-6-8-24(35)19-26/h4-13,19-20,23,30H,14-18,21-22H2,1-3H3. The normalized spacial score (nSPS) is 19.1. The zero-order valence-electron chi connectivity index (χ0n) is 24.8. The summed E-state index contributed by atoms with van der Waals surface area (Å²) in [4.78, 5) is 37.4. The Morgan fingerprint density at radius 2 is 1.77 bits per heavy atom. The number of amides is 1. The smallest absolute Gasteiger partial charge is 0.266 e. The summed E-state index contributed by atoms with van der Waals surface area (Å²) in [6.45, 7) is 7.64. The molecule has 6 rings (SSSR count). The molecule has 0 radical (unpaired) electrons. The second-order valence-corrected chi connectivity index (χ2v) is 13.8. The topological polar surface area (TPSA) is 67.7 Å². The number of hydrogen-bond acceptors (Lipinski definition) is 6. The summed E-state index contributed by atoms with van der Waals surface area (Å²) in [7, 11) is 1.69. The van der Waals surface area contributed by atoms with Crippen molar-refractivity contribution in [3.63, 3.8) is 0 Å². The average Bonchev–Trinajstić information content (AvgIpc) is 3.63. The molecular formula is C34H37ClN4O3S. The summed E-state index contributed by atoms with van der Waals surface area (Å²) >= 11 is 7.73. The lowest BCUT2D eigenvalue weighted by atomic mass is 9.86. The number of nitrogens with zero attached hydrogens (tertiary/aromatic N) is 4. The lowest BCUT2D eigenvalue weighted by Gasteiger charge is -2.28. The van der Waals surface area contributed by atoms with Gasteiger partial charge in [0.05, 0.1) is 29.0 Å². The fourth-order valence-electron chi connectivity index (χ4n) is 6.41. The van der Waals surface area contributed by atoms with Crippen LogP contribution in [-0.4, -0.2) is 58.9 Å². The van der Waals surface area contributed by atoms with Gasteiger partial charge in [-0.1, -0.05) is 61.5 Å². The van der Waals surface area contributed by atoms with Crippen molar-refractivity contribution in [3.8, 4) is 11.4 Å². The van der Waals surface area contributed by atoms with Crippen molar-refractivity contribution in [1.29, 1.82) is 0 Å². The Kier molecular flexibility index (Phi) is 8.42. The molecule has 224 valence electrons. The third kappa shape index (κ3) is 6.13. The highest BCUT2D eigenvalue weighted by Crippen LogP contribution is 2.42. The minimum Gasteiger partial charge on any atom is -0.497 e. The van der Waals surface area contributed by atoms with Gasteiger partial charge in [0.2, 0.25) is 5.91 Å². The number of para-hydroxylation sites is 1. The van der Waals surface area contributed by atoms with E-state index in [4.69, 9.17) is 21.3 Å². The molecule has 7 nitrogen and oxygen atoms in total. The van der Waals surface area contributed by atoms with E-state index in [2.05, 4.69) is 35.8 Å². The molecule has 2 atom stereocenters. The van der Waals surface area contributed by atoms with Crippen molar-refractivity contribution < 1.29 is 9.53 Å². The summed E-state index contributed by atoms with van der Waals surface area (Å²) in [6, 6.07) is 22.8. The average molecular weight is 617 g/mol. The van der Waals surface area contributed by atoms with Crippen LogP contribution in [0.25, 0.3) is 16.6 Å². The quantitative estimate of drug-likeness (QED) is 0.162. The number of methoxy groups -OCH3 is 1. The molecule has 2 saturated heterocycles. The summed E-state index contributed by atoms with van der Waals surface area (Å²) in [6.07, 6.45) is 2.72. The zero-order valence-corrected chi connectivity index (χ0v) is 26.4. The minimum atomic E-state index is -0.371. The van der Waals surface area contributed by atoms with Crippen LogP contribution in [0.4, 0.5) is 5.69 Å². The molecule has 1 aromatic heterocycles. The number of carbonyl (C=O) groups excluding carboxylic acids is 1. The largest absolute Gasteiger partial charge is 0.497 e. The van der Waals surface area contributed by atoms with Crippen molar-refractivity contribution in [2.75, 3.05) is 38.2 Å². The van der Waals surface area contributed by atoms with E-state index >= 15 is 0 Å². The molecule has 0 bridgehead atoms. The Bertz CT molecular complexity index is 1710. The lowest BCUT2D eigenvalue weighted by Crippen LogP contribution is -2.39.